The molecule has 0 bridgehead atoms. The van der Waals surface area contributed by atoms with Crippen LogP contribution in [0.5, 0.6) is 5.75 Å². The van der Waals surface area contributed by atoms with E-state index in [1.807, 2.05) is 25.1 Å². The highest BCUT2D eigenvalue weighted by molar-refractivity contribution is 5.95. The Labute approximate surface area is 198 Å². The van der Waals surface area contributed by atoms with Crippen LogP contribution in [-0.2, 0) is 6.42 Å². The van der Waals surface area contributed by atoms with Crippen LogP contribution in [0.15, 0.2) is 60.7 Å². The lowest BCUT2D eigenvalue weighted by Gasteiger charge is -2.37. The van der Waals surface area contributed by atoms with Gasteiger partial charge in [0.15, 0.2) is 0 Å². The minimum absolute atomic E-state index is 0.0891. The van der Waals surface area contributed by atoms with Gasteiger partial charge in [-0.25, -0.2) is 9.37 Å². The Bertz CT molecular complexity index is 1340. The summed E-state index contributed by atoms with van der Waals surface area (Å²) in [4.78, 5) is 12.0. The fraction of sp³-hybridized carbons (Fsp3) is 0.259. The van der Waals surface area contributed by atoms with E-state index in [-0.39, 0.29) is 25.1 Å². The van der Waals surface area contributed by atoms with Crippen LogP contribution in [0, 0.1) is 12.7 Å². The lowest BCUT2D eigenvalue weighted by atomic mass is 9.93. The Balaban J connectivity index is 1.64. The van der Waals surface area contributed by atoms with Crippen molar-refractivity contribution < 1.29 is 14.2 Å². The number of nitrogens with one attached hydrogen (secondary N) is 1. The predicted molar refractivity (Wildman–Crippen MR) is 132 cm³/mol. The first kappa shape index (κ1) is 22.1. The maximum Gasteiger partial charge on any atom is 0.229 e. The summed E-state index contributed by atoms with van der Waals surface area (Å²) in [6.07, 6.45) is 0.923. The van der Waals surface area contributed by atoms with Crippen molar-refractivity contribution in [3.63, 3.8) is 0 Å². The summed E-state index contributed by atoms with van der Waals surface area (Å²) >= 11 is 0. The molecule has 0 spiro atoms. The number of hydrogen-bond acceptors (Lipinski definition) is 6. The standard InChI is InChI=1S/C27H27FN4O2/c1-17-16-20(28)10-11-23(17)29-27-30-25-22(8-5-9-24(25)34-15-14-33)26(31-27)32-13-12-19-6-3-4-7-21(19)18(32)2/h3-11,16,18,33H,12-15H2,1-2H3,(H,29,30,31). The summed E-state index contributed by atoms with van der Waals surface area (Å²) in [6, 6.07) is 19.0. The largest absolute Gasteiger partial charge is 0.489 e. The van der Waals surface area contributed by atoms with Crippen molar-refractivity contribution in [2.45, 2.75) is 26.3 Å². The van der Waals surface area contributed by atoms with Crippen LogP contribution in [0.2, 0.25) is 0 Å². The number of aryl methyl sites for hydroxylation is 1. The number of nitrogens with zero attached hydrogens (tertiary/aromatic N) is 3. The summed E-state index contributed by atoms with van der Waals surface area (Å²) in [5, 5.41) is 13.4. The van der Waals surface area contributed by atoms with Crippen molar-refractivity contribution in [2.75, 3.05) is 30.0 Å². The lowest BCUT2D eigenvalue weighted by molar-refractivity contribution is 0.202. The highest BCUT2D eigenvalue weighted by Crippen LogP contribution is 2.38. The third-order valence-corrected chi connectivity index (χ3v) is 6.32. The van der Waals surface area contributed by atoms with Gasteiger partial charge in [0.25, 0.3) is 0 Å². The zero-order valence-electron chi connectivity index (χ0n) is 19.3. The third kappa shape index (κ3) is 4.15. The fourth-order valence-electron chi connectivity index (χ4n) is 4.61. The molecule has 0 fully saturated rings. The van der Waals surface area contributed by atoms with Gasteiger partial charge in [0, 0.05) is 17.6 Å². The molecule has 2 heterocycles. The van der Waals surface area contributed by atoms with Crippen LogP contribution in [-0.4, -0.2) is 34.8 Å². The second-order valence-corrected chi connectivity index (χ2v) is 8.50. The quantitative estimate of drug-likeness (QED) is 0.408. The molecule has 1 aliphatic rings. The Morgan fingerprint density at radius 1 is 1.12 bits per heavy atom. The number of anilines is 3. The van der Waals surface area contributed by atoms with Gasteiger partial charge < -0.3 is 20.1 Å². The first-order valence-corrected chi connectivity index (χ1v) is 11.5. The highest BCUT2D eigenvalue weighted by atomic mass is 19.1. The molecule has 0 aliphatic carbocycles. The van der Waals surface area contributed by atoms with E-state index < -0.39 is 0 Å². The number of para-hydroxylation sites is 1. The zero-order chi connectivity index (χ0) is 23.7. The number of rotatable bonds is 6. The Kier molecular flexibility index (Phi) is 6.02. The molecule has 6 nitrogen and oxygen atoms in total. The van der Waals surface area contributed by atoms with Crippen LogP contribution in [0.25, 0.3) is 10.9 Å². The van der Waals surface area contributed by atoms with Gasteiger partial charge in [0.05, 0.1) is 12.6 Å². The molecule has 34 heavy (non-hydrogen) atoms. The molecule has 0 amide bonds. The molecule has 0 saturated carbocycles. The summed E-state index contributed by atoms with van der Waals surface area (Å²) in [5.41, 5.74) is 4.80. The van der Waals surface area contributed by atoms with Gasteiger partial charge in [-0.05, 0) is 67.3 Å². The van der Waals surface area contributed by atoms with Crippen molar-refractivity contribution in [1.82, 2.24) is 9.97 Å². The first-order chi connectivity index (χ1) is 16.5. The van der Waals surface area contributed by atoms with Crippen molar-refractivity contribution in [1.29, 1.82) is 0 Å². The number of halogens is 1. The molecular formula is C27H27FN4O2. The summed E-state index contributed by atoms with van der Waals surface area (Å²) in [5.74, 6) is 1.51. The normalized spacial score (nSPS) is 15.3. The van der Waals surface area contributed by atoms with E-state index in [4.69, 9.17) is 14.7 Å². The molecule has 0 radical (unpaired) electrons. The third-order valence-electron chi connectivity index (χ3n) is 6.32. The average Bonchev–Trinajstić information content (AvgIpc) is 2.84. The molecule has 174 valence electrons. The zero-order valence-corrected chi connectivity index (χ0v) is 19.3. The van der Waals surface area contributed by atoms with Gasteiger partial charge in [0.2, 0.25) is 5.95 Å². The number of aromatic nitrogens is 2. The maximum atomic E-state index is 13.6. The lowest BCUT2D eigenvalue weighted by Crippen LogP contribution is -2.34. The molecule has 5 rings (SSSR count). The molecule has 1 aromatic heterocycles. The Hall–Kier alpha value is -3.71. The Morgan fingerprint density at radius 3 is 2.79 bits per heavy atom. The van der Waals surface area contributed by atoms with Crippen LogP contribution in [0.1, 0.15) is 29.7 Å². The second-order valence-electron chi connectivity index (χ2n) is 8.50. The molecule has 3 aromatic carbocycles. The molecule has 7 heteroatoms. The van der Waals surface area contributed by atoms with Crippen LogP contribution < -0.4 is 15.0 Å². The monoisotopic (exact) mass is 458 g/mol. The van der Waals surface area contributed by atoms with E-state index in [0.717, 1.165) is 35.4 Å². The number of aliphatic hydroxyl groups excluding tert-OH is 1. The highest BCUT2D eigenvalue weighted by Gasteiger charge is 2.27. The van der Waals surface area contributed by atoms with Gasteiger partial charge in [0.1, 0.15) is 29.5 Å². The summed E-state index contributed by atoms with van der Waals surface area (Å²) < 4.78 is 19.4. The molecule has 0 saturated heterocycles. The van der Waals surface area contributed by atoms with Crippen molar-refractivity contribution in [2.24, 2.45) is 0 Å². The van der Waals surface area contributed by atoms with Gasteiger partial charge in [-0.2, -0.15) is 4.98 Å². The van der Waals surface area contributed by atoms with E-state index in [9.17, 15) is 9.50 Å². The van der Waals surface area contributed by atoms with Gasteiger partial charge >= 0.3 is 0 Å². The van der Waals surface area contributed by atoms with E-state index in [1.54, 1.807) is 6.07 Å². The minimum Gasteiger partial charge on any atom is -0.489 e. The molecular weight excluding hydrogens is 431 g/mol. The minimum atomic E-state index is -0.288. The average molecular weight is 459 g/mol. The van der Waals surface area contributed by atoms with Crippen molar-refractivity contribution >= 4 is 28.4 Å². The molecule has 2 N–H and O–H groups in total. The molecule has 1 aliphatic heterocycles. The number of fused-ring (bicyclic) bond motifs is 2. The topological polar surface area (TPSA) is 70.5 Å². The molecule has 1 atom stereocenters. The van der Waals surface area contributed by atoms with Crippen LogP contribution in [0.3, 0.4) is 0 Å². The smallest absolute Gasteiger partial charge is 0.229 e. The van der Waals surface area contributed by atoms with Gasteiger partial charge in [-0.3, -0.25) is 0 Å². The van der Waals surface area contributed by atoms with Crippen LogP contribution in [0.4, 0.5) is 21.8 Å². The number of hydrogen-bond donors (Lipinski definition) is 2. The predicted octanol–water partition coefficient (Wildman–Crippen LogP) is 5.32. The van der Waals surface area contributed by atoms with Crippen LogP contribution >= 0.6 is 0 Å². The maximum absolute atomic E-state index is 13.6. The Morgan fingerprint density at radius 2 is 1.97 bits per heavy atom. The fourth-order valence-corrected chi connectivity index (χ4v) is 4.61. The SMILES string of the molecule is Cc1cc(F)ccc1Nc1nc(N2CCc3ccccc3C2C)c2cccc(OCCO)c2n1. The number of ether oxygens (including phenoxy) is 1. The van der Waals surface area contributed by atoms with E-state index >= 15 is 0 Å². The number of benzene rings is 3. The van der Waals surface area contributed by atoms with Gasteiger partial charge in [-0.1, -0.05) is 30.3 Å². The first-order valence-electron chi connectivity index (χ1n) is 11.5. The van der Waals surface area contributed by atoms with E-state index in [1.165, 1.54) is 23.3 Å². The van der Waals surface area contributed by atoms with Gasteiger partial charge in [-0.15, -0.1) is 0 Å². The van der Waals surface area contributed by atoms with E-state index in [2.05, 4.69) is 41.4 Å². The second kappa shape index (κ2) is 9.27. The summed E-state index contributed by atoms with van der Waals surface area (Å²) in [7, 11) is 0. The number of aliphatic hydroxyl groups is 1. The van der Waals surface area contributed by atoms with Crippen molar-refractivity contribution in [3.05, 3.63) is 83.2 Å². The summed E-state index contributed by atoms with van der Waals surface area (Å²) in [6.45, 7) is 4.93. The van der Waals surface area contributed by atoms with Crippen molar-refractivity contribution in [3.8, 4) is 5.75 Å². The molecule has 4 aromatic rings. The molecule has 1 unspecified atom stereocenters. The van der Waals surface area contributed by atoms with E-state index in [0.29, 0.717) is 17.2 Å².